The van der Waals surface area contributed by atoms with Gasteiger partial charge in [-0.25, -0.2) is 0 Å². The molecule has 12 nitrogen and oxygen atoms in total. The van der Waals surface area contributed by atoms with E-state index in [1.807, 2.05) is 122 Å². The molecule has 0 aliphatic carbocycles. The Hall–Kier alpha value is -5.52. The average Bonchev–Trinajstić information content (AvgIpc) is 2.93. The summed E-state index contributed by atoms with van der Waals surface area (Å²) in [6.07, 6.45) is 7.40. The fourth-order valence-electron chi connectivity index (χ4n) is 3.41. The van der Waals surface area contributed by atoms with Gasteiger partial charge in [0.1, 0.15) is 0 Å². The Morgan fingerprint density at radius 1 is 0.390 bits per heavy atom. The van der Waals surface area contributed by atoms with Crippen LogP contribution >= 0.6 is 0 Å². The third-order valence-corrected chi connectivity index (χ3v) is 5.12. The summed E-state index contributed by atoms with van der Waals surface area (Å²) in [5.74, 6) is 0. The van der Waals surface area contributed by atoms with Crippen molar-refractivity contribution in [2.75, 3.05) is 0 Å². The smallest absolute Gasteiger partial charge is 0.356 e. The minimum Gasteiger partial charge on any atom is -0.356 e. The Morgan fingerprint density at radius 2 is 0.561 bits per heavy atom. The summed E-state index contributed by atoms with van der Waals surface area (Å²) in [7, 11) is 0. The Morgan fingerprint density at radius 3 is 0.756 bits per heavy atom. The standard InChI is InChI=1S/C28H20N4.Cu.2NO3/c1-5-13-25-21(9-1)17-29-26-14-6-2-11-23(26)19-31-28-16-8-4-12-24(28)20-32-27-15-7-3-10-22(27)18-30-25;;2*2-1(3)4/h1-20H;;;/q;+2;2*-1/b21-17-,22-18-,23-19-,24-20-,29-17?,29-26-,30-18?,30-25-,31-19?,31-28+,32-20?,32-27+;;;. The summed E-state index contributed by atoms with van der Waals surface area (Å²) in [6.45, 7) is 0. The van der Waals surface area contributed by atoms with Gasteiger partial charge in [0.2, 0.25) is 0 Å². The molecule has 1 radical (unpaired) electrons. The number of nitrogens with zero attached hydrogens (tertiary/aromatic N) is 6. The first-order valence-electron chi connectivity index (χ1n) is 11.5. The van der Waals surface area contributed by atoms with E-state index in [-0.39, 0.29) is 17.1 Å². The predicted molar refractivity (Wildman–Crippen MR) is 147 cm³/mol. The largest absolute Gasteiger partial charge is 2.00 e. The Labute approximate surface area is 241 Å². The molecule has 4 aromatic rings. The Kier molecular flexibility index (Phi) is 12.7. The van der Waals surface area contributed by atoms with Crippen molar-refractivity contribution in [2.24, 2.45) is 20.0 Å². The number of para-hydroxylation sites is 4. The van der Waals surface area contributed by atoms with Crippen LogP contribution in [0.4, 0.5) is 0 Å². The maximum absolute atomic E-state index is 8.25. The van der Waals surface area contributed by atoms with Crippen LogP contribution in [0.15, 0.2) is 117 Å². The SMILES string of the molecule is C1=c2/cccc/c2=N/C=c2/cccc/c2=N\C=c2\cccc\c2=N/C=c2/cccc/c2=N/1.O=[N+]([O-])[O-].O=[N+]([O-])[O-].[Cu+2]. The van der Waals surface area contributed by atoms with E-state index < -0.39 is 10.2 Å². The molecule has 4 aromatic carbocycles. The molecule has 0 unspecified atom stereocenters. The maximum Gasteiger partial charge on any atom is 2.00 e. The van der Waals surface area contributed by atoms with E-state index in [0.29, 0.717) is 0 Å². The first-order chi connectivity index (χ1) is 19.3. The molecule has 13 heteroatoms. The van der Waals surface area contributed by atoms with Crippen molar-refractivity contribution in [1.82, 2.24) is 0 Å². The van der Waals surface area contributed by atoms with Crippen LogP contribution in [0.25, 0.3) is 24.8 Å². The second kappa shape index (κ2) is 16.4. The molecule has 0 fully saturated rings. The second-order valence-corrected chi connectivity index (χ2v) is 7.72. The first-order valence-corrected chi connectivity index (χ1v) is 11.5. The summed E-state index contributed by atoms with van der Waals surface area (Å²) in [5.41, 5.74) is 0. The van der Waals surface area contributed by atoms with Gasteiger partial charge in [-0.05, 0) is 24.3 Å². The van der Waals surface area contributed by atoms with Gasteiger partial charge in [-0.2, -0.15) is 0 Å². The molecule has 209 valence electrons. The van der Waals surface area contributed by atoms with Gasteiger partial charge in [-0.1, -0.05) is 72.8 Å². The van der Waals surface area contributed by atoms with Crippen LogP contribution in [-0.4, -0.2) is 10.2 Å². The summed E-state index contributed by atoms with van der Waals surface area (Å²) in [4.78, 5) is 35.5. The van der Waals surface area contributed by atoms with Crippen molar-refractivity contribution < 1.29 is 27.2 Å². The fraction of sp³-hybridized carbons (Fsp3) is 0. The minimum atomic E-state index is -1.75. The molecule has 0 atom stereocenters. The molecule has 0 bridgehead atoms. The summed E-state index contributed by atoms with van der Waals surface area (Å²) < 4.78 is 0. The van der Waals surface area contributed by atoms with Crippen LogP contribution in [0.2, 0.25) is 0 Å². The van der Waals surface area contributed by atoms with Gasteiger partial charge in [-0.3, -0.25) is 20.0 Å². The molecule has 41 heavy (non-hydrogen) atoms. The van der Waals surface area contributed by atoms with E-state index in [1.54, 1.807) is 0 Å². The third kappa shape index (κ3) is 10.6. The molecule has 0 saturated heterocycles. The average molecular weight is 600 g/mol. The van der Waals surface area contributed by atoms with E-state index in [2.05, 4.69) is 0 Å². The molecule has 1 aliphatic heterocycles. The van der Waals surface area contributed by atoms with Gasteiger partial charge in [-0.15, -0.1) is 0 Å². The van der Waals surface area contributed by atoms with E-state index in [4.69, 9.17) is 50.6 Å². The van der Waals surface area contributed by atoms with Gasteiger partial charge in [0.15, 0.2) is 0 Å². The molecule has 0 amide bonds. The Bertz CT molecular complexity index is 1600. The molecular weight excluding hydrogens is 580 g/mol. The van der Waals surface area contributed by atoms with Gasteiger partial charge in [0.05, 0.1) is 31.6 Å². The van der Waals surface area contributed by atoms with Crippen molar-refractivity contribution in [3.63, 3.8) is 0 Å². The summed E-state index contributed by atoms with van der Waals surface area (Å²) >= 11 is 0. The van der Waals surface area contributed by atoms with Gasteiger partial charge in [0, 0.05) is 45.7 Å². The van der Waals surface area contributed by atoms with Crippen LogP contribution in [0.3, 0.4) is 0 Å². The third-order valence-electron chi connectivity index (χ3n) is 5.12. The normalized spacial score (nSPS) is 17.6. The quantitative estimate of drug-likeness (QED) is 0.152. The number of hydrogen-bond donors (Lipinski definition) is 0. The van der Waals surface area contributed by atoms with Crippen molar-refractivity contribution in [3.05, 3.63) is 170 Å². The van der Waals surface area contributed by atoms with Gasteiger partial charge >= 0.3 is 17.1 Å². The van der Waals surface area contributed by atoms with Crippen LogP contribution in [0, 0.1) is 30.6 Å². The zero-order valence-corrected chi connectivity index (χ0v) is 21.9. The second-order valence-electron chi connectivity index (χ2n) is 7.72. The van der Waals surface area contributed by atoms with Crippen LogP contribution < -0.4 is 42.3 Å². The van der Waals surface area contributed by atoms with E-state index in [1.165, 1.54) is 0 Å². The van der Waals surface area contributed by atoms with Crippen molar-refractivity contribution >= 4 is 24.8 Å². The molecular formula is C28H20CuN6O6. The van der Waals surface area contributed by atoms with Gasteiger partial charge in [0.25, 0.3) is 0 Å². The number of rotatable bonds is 0. The number of hydrogen-bond acceptors (Lipinski definition) is 10. The van der Waals surface area contributed by atoms with Crippen LogP contribution in [-0.2, 0) is 17.1 Å². The maximum atomic E-state index is 8.25. The van der Waals surface area contributed by atoms with Crippen molar-refractivity contribution in [3.8, 4) is 0 Å². The molecule has 0 saturated carbocycles. The van der Waals surface area contributed by atoms with E-state index >= 15 is 0 Å². The predicted octanol–water partition coefficient (Wildman–Crippen LogP) is -0.249. The Balaban J connectivity index is 0.000000583. The zero-order valence-electron chi connectivity index (χ0n) is 21.0. The molecule has 0 aromatic heterocycles. The first kappa shape index (κ1) is 31.7. The van der Waals surface area contributed by atoms with Crippen LogP contribution in [0.5, 0.6) is 0 Å². The van der Waals surface area contributed by atoms with E-state index in [0.717, 1.165) is 42.3 Å². The molecule has 1 heterocycles. The monoisotopic (exact) mass is 599 g/mol. The fourth-order valence-corrected chi connectivity index (χ4v) is 3.41. The number of fused-ring (bicyclic) bond motifs is 4. The van der Waals surface area contributed by atoms with Crippen LogP contribution in [0.1, 0.15) is 0 Å². The van der Waals surface area contributed by atoms with Crippen molar-refractivity contribution in [1.29, 1.82) is 0 Å². The molecule has 0 spiro atoms. The van der Waals surface area contributed by atoms with Crippen molar-refractivity contribution in [2.45, 2.75) is 0 Å². The van der Waals surface area contributed by atoms with Gasteiger partial charge < -0.3 is 30.6 Å². The minimum absolute atomic E-state index is 0. The van der Waals surface area contributed by atoms with E-state index in [9.17, 15) is 0 Å². The molecule has 1 aliphatic rings. The summed E-state index contributed by atoms with van der Waals surface area (Å²) in [6, 6.07) is 31.8. The number of benzene rings is 4. The summed E-state index contributed by atoms with van der Waals surface area (Å²) in [5, 5.41) is 36.6. The zero-order chi connectivity index (χ0) is 28.7. The molecule has 0 N–H and O–H groups in total. The topological polar surface area (TPSA) is 182 Å². The molecule has 5 rings (SSSR count).